The van der Waals surface area contributed by atoms with Gasteiger partial charge in [0, 0.05) is 0 Å². The van der Waals surface area contributed by atoms with Crippen molar-refractivity contribution >= 4 is 23.2 Å². The second-order valence-electron chi connectivity index (χ2n) is 3.68. The molecule has 0 fully saturated rings. The molecule has 1 N–H and O–H groups in total. The molecule has 0 saturated heterocycles. The van der Waals surface area contributed by atoms with Crippen LogP contribution < -0.4 is 5.63 Å². The molecule has 19 heavy (non-hydrogen) atoms. The van der Waals surface area contributed by atoms with Gasteiger partial charge in [0.25, 0.3) is 0 Å². The standard InChI is InChI=1S/C13H10O6/c1-2-18-12(16)9-10(15)8-5-3-4-7(6-14)11(8)19-13(9)17/h3-6,15H,2H2,1H3. The van der Waals surface area contributed by atoms with Gasteiger partial charge in [-0.25, -0.2) is 9.59 Å². The maximum absolute atomic E-state index is 11.7. The quantitative estimate of drug-likeness (QED) is 0.511. The molecule has 0 aliphatic heterocycles. The van der Waals surface area contributed by atoms with Gasteiger partial charge < -0.3 is 14.3 Å². The van der Waals surface area contributed by atoms with E-state index in [-0.39, 0.29) is 23.1 Å². The number of hydrogen-bond acceptors (Lipinski definition) is 6. The van der Waals surface area contributed by atoms with Crippen molar-refractivity contribution in [1.29, 1.82) is 0 Å². The minimum atomic E-state index is -1.04. The van der Waals surface area contributed by atoms with Crippen LogP contribution in [0.25, 0.3) is 11.0 Å². The van der Waals surface area contributed by atoms with Crippen molar-refractivity contribution in [2.45, 2.75) is 6.92 Å². The van der Waals surface area contributed by atoms with Crippen LogP contribution in [0.15, 0.2) is 27.4 Å². The zero-order valence-electron chi connectivity index (χ0n) is 10.0. The van der Waals surface area contributed by atoms with E-state index in [4.69, 9.17) is 4.42 Å². The highest BCUT2D eigenvalue weighted by atomic mass is 16.5. The molecule has 0 bridgehead atoms. The van der Waals surface area contributed by atoms with E-state index in [2.05, 4.69) is 4.74 Å². The number of ether oxygens (including phenoxy) is 1. The molecule has 0 aliphatic rings. The lowest BCUT2D eigenvalue weighted by atomic mass is 10.1. The third-order valence-electron chi connectivity index (χ3n) is 2.54. The number of para-hydroxylation sites is 1. The normalized spacial score (nSPS) is 10.4. The molecule has 6 heteroatoms. The highest BCUT2D eigenvalue weighted by Crippen LogP contribution is 2.28. The Morgan fingerprint density at radius 1 is 1.47 bits per heavy atom. The smallest absolute Gasteiger partial charge is 0.354 e. The Morgan fingerprint density at radius 3 is 2.84 bits per heavy atom. The first-order valence-corrected chi connectivity index (χ1v) is 5.51. The average Bonchev–Trinajstić information content (AvgIpc) is 2.38. The van der Waals surface area contributed by atoms with E-state index < -0.39 is 22.9 Å². The summed E-state index contributed by atoms with van der Waals surface area (Å²) >= 11 is 0. The zero-order valence-corrected chi connectivity index (χ0v) is 10.0. The van der Waals surface area contributed by atoms with Gasteiger partial charge in [0.1, 0.15) is 5.75 Å². The fourth-order valence-corrected chi connectivity index (χ4v) is 1.71. The average molecular weight is 262 g/mol. The number of carbonyl (C=O) groups excluding carboxylic acids is 2. The van der Waals surface area contributed by atoms with Gasteiger partial charge >= 0.3 is 11.6 Å². The van der Waals surface area contributed by atoms with E-state index in [0.29, 0.717) is 6.29 Å². The van der Waals surface area contributed by atoms with Crippen LogP contribution in [0.2, 0.25) is 0 Å². The van der Waals surface area contributed by atoms with E-state index in [9.17, 15) is 19.5 Å². The number of carbonyl (C=O) groups is 2. The molecule has 98 valence electrons. The maximum Gasteiger partial charge on any atom is 0.354 e. The van der Waals surface area contributed by atoms with Crippen molar-refractivity contribution in [1.82, 2.24) is 0 Å². The summed E-state index contributed by atoms with van der Waals surface area (Å²) in [6, 6.07) is 4.37. The molecule has 1 aromatic carbocycles. The lowest BCUT2D eigenvalue weighted by Gasteiger charge is -2.06. The second-order valence-corrected chi connectivity index (χ2v) is 3.68. The number of fused-ring (bicyclic) bond motifs is 1. The van der Waals surface area contributed by atoms with E-state index in [1.165, 1.54) is 18.2 Å². The largest absolute Gasteiger partial charge is 0.506 e. The Kier molecular flexibility index (Phi) is 3.33. The summed E-state index contributed by atoms with van der Waals surface area (Å²) < 4.78 is 9.58. The summed E-state index contributed by atoms with van der Waals surface area (Å²) in [7, 11) is 0. The number of esters is 1. The van der Waals surface area contributed by atoms with Gasteiger partial charge in [0.15, 0.2) is 17.4 Å². The van der Waals surface area contributed by atoms with Crippen LogP contribution in [-0.4, -0.2) is 24.0 Å². The molecule has 1 aromatic heterocycles. The van der Waals surface area contributed by atoms with Crippen molar-refractivity contribution < 1.29 is 23.8 Å². The fraction of sp³-hybridized carbons (Fsp3) is 0.154. The van der Waals surface area contributed by atoms with Crippen LogP contribution in [0.4, 0.5) is 0 Å². The van der Waals surface area contributed by atoms with Crippen LogP contribution in [-0.2, 0) is 4.74 Å². The highest BCUT2D eigenvalue weighted by Gasteiger charge is 2.22. The van der Waals surface area contributed by atoms with Crippen LogP contribution in [0.5, 0.6) is 5.75 Å². The third-order valence-corrected chi connectivity index (χ3v) is 2.54. The van der Waals surface area contributed by atoms with Crippen molar-refractivity contribution in [3.8, 4) is 5.75 Å². The second kappa shape index (κ2) is 4.93. The summed E-state index contributed by atoms with van der Waals surface area (Å²) in [6.45, 7) is 1.63. The molecule has 0 saturated carbocycles. The Bertz CT molecular complexity index is 713. The van der Waals surface area contributed by atoms with Crippen LogP contribution in [0.3, 0.4) is 0 Å². The van der Waals surface area contributed by atoms with Gasteiger partial charge in [-0.05, 0) is 19.1 Å². The first-order valence-electron chi connectivity index (χ1n) is 5.51. The van der Waals surface area contributed by atoms with Crippen LogP contribution >= 0.6 is 0 Å². The summed E-state index contributed by atoms with van der Waals surface area (Å²) in [5, 5.41) is 10.1. The number of rotatable bonds is 3. The molecule has 0 aliphatic carbocycles. The maximum atomic E-state index is 11.7. The number of aromatic hydroxyl groups is 1. The monoisotopic (exact) mass is 262 g/mol. The van der Waals surface area contributed by atoms with Gasteiger partial charge in [0.2, 0.25) is 0 Å². The SMILES string of the molecule is CCOC(=O)c1c(O)c2cccc(C=O)c2oc1=O. The highest BCUT2D eigenvalue weighted by molar-refractivity contribution is 6.02. The lowest BCUT2D eigenvalue weighted by molar-refractivity contribution is 0.0518. The van der Waals surface area contributed by atoms with E-state index >= 15 is 0 Å². The van der Waals surface area contributed by atoms with Gasteiger partial charge in [-0.15, -0.1) is 0 Å². The summed E-state index contributed by atoms with van der Waals surface area (Å²) in [5.74, 6) is -1.51. The van der Waals surface area contributed by atoms with E-state index in [1.807, 2.05) is 0 Å². The van der Waals surface area contributed by atoms with Gasteiger partial charge in [-0.3, -0.25) is 4.79 Å². The Balaban J connectivity index is 2.80. The molecule has 0 radical (unpaired) electrons. The minimum Gasteiger partial charge on any atom is -0.506 e. The molecular weight excluding hydrogens is 252 g/mol. The predicted molar refractivity (Wildman–Crippen MR) is 65.5 cm³/mol. The molecule has 2 aromatic rings. The number of aldehydes is 1. The van der Waals surface area contributed by atoms with Gasteiger partial charge in [-0.2, -0.15) is 0 Å². The van der Waals surface area contributed by atoms with E-state index in [0.717, 1.165) is 0 Å². The minimum absolute atomic E-state index is 0.0597. The molecule has 1 heterocycles. The summed E-state index contributed by atoms with van der Waals surface area (Å²) in [4.78, 5) is 34.1. The summed E-state index contributed by atoms with van der Waals surface area (Å²) in [6.07, 6.45) is 0.495. The van der Waals surface area contributed by atoms with E-state index in [1.54, 1.807) is 6.92 Å². The first kappa shape index (κ1) is 12.8. The molecule has 0 atom stereocenters. The molecule has 6 nitrogen and oxygen atoms in total. The third kappa shape index (κ3) is 2.08. The molecule has 2 rings (SSSR count). The molecule has 0 amide bonds. The first-order chi connectivity index (χ1) is 9.10. The van der Waals surface area contributed by atoms with Crippen molar-refractivity contribution in [2.75, 3.05) is 6.61 Å². The zero-order chi connectivity index (χ0) is 14.0. The predicted octanol–water partition coefficient (Wildman–Crippen LogP) is 1.49. The van der Waals surface area contributed by atoms with Crippen LogP contribution in [0.1, 0.15) is 27.6 Å². The van der Waals surface area contributed by atoms with Crippen molar-refractivity contribution in [3.05, 3.63) is 39.7 Å². The Hall–Kier alpha value is -2.63. The Labute approximate surface area is 107 Å². The summed E-state index contributed by atoms with van der Waals surface area (Å²) in [5.41, 5.74) is -1.57. The van der Waals surface area contributed by atoms with Crippen LogP contribution in [0, 0.1) is 0 Å². The van der Waals surface area contributed by atoms with Crippen molar-refractivity contribution in [2.24, 2.45) is 0 Å². The van der Waals surface area contributed by atoms with Gasteiger partial charge in [0.05, 0.1) is 17.6 Å². The molecule has 0 unspecified atom stereocenters. The molecule has 0 spiro atoms. The van der Waals surface area contributed by atoms with Gasteiger partial charge in [-0.1, -0.05) is 6.07 Å². The van der Waals surface area contributed by atoms with Crippen molar-refractivity contribution in [3.63, 3.8) is 0 Å². The number of benzene rings is 1. The topological polar surface area (TPSA) is 93.8 Å². The Morgan fingerprint density at radius 2 is 2.21 bits per heavy atom. The molecular formula is C13H10O6. The number of hydrogen-bond donors (Lipinski definition) is 1. The fourth-order valence-electron chi connectivity index (χ4n) is 1.71. The lowest BCUT2D eigenvalue weighted by Crippen LogP contribution is -2.17.